The molecule has 144 valence electrons. The molecule has 3 N–H and O–H groups in total. The minimum atomic E-state index is -0.985. The smallest absolute Gasteiger partial charge is 0.158 e. The van der Waals surface area contributed by atoms with Crippen LogP contribution in [0.25, 0.3) is 0 Å². The fraction of sp³-hybridized carbons (Fsp3) is 0.750. The van der Waals surface area contributed by atoms with Crippen LogP contribution in [0.4, 0.5) is 0 Å². The van der Waals surface area contributed by atoms with E-state index in [1.54, 1.807) is 19.9 Å². The van der Waals surface area contributed by atoms with Gasteiger partial charge in [0.15, 0.2) is 5.78 Å². The number of carbonyl (C=O) groups is 1. The highest BCUT2D eigenvalue weighted by Gasteiger charge is 2.36. The van der Waals surface area contributed by atoms with Crippen LogP contribution >= 0.6 is 0 Å². The number of hydrogen-bond acceptors (Lipinski definition) is 5. The number of aliphatic hydroxyl groups is 3. The van der Waals surface area contributed by atoms with E-state index in [1.165, 1.54) is 12.2 Å². The maximum Gasteiger partial charge on any atom is 0.158 e. The minimum Gasteiger partial charge on any atom is -0.392 e. The first-order valence-electron chi connectivity index (χ1n) is 9.13. The number of ether oxygens (including phenoxy) is 1. The molecule has 0 aliphatic carbocycles. The van der Waals surface area contributed by atoms with Crippen LogP contribution in [-0.2, 0) is 9.53 Å². The van der Waals surface area contributed by atoms with Crippen LogP contribution in [0.3, 0.4) is 0 Å². The average Bonchev–Trinajstić information content (AvgIpc) is 2.66. The van der Waals surface area contributed by atoms with Crippen LogP contribution < -0.4 is 0 Å². The molecule has 1 aliphatic heterocycles. The van der Waals surface area contributed by atoms with Gasteiger partial charge in [0, 0.05) is 5.92 Å². The largest absolute Gasteiger partial charge is 0.392 e. The molecule has 3 atom stereocenters. The van der Waals surface area contributed by atoms with Gasteiger partial charge in [-0.1, -0.05) is 19.1 Å². The fourth-order valence-electron chi connectivity index (χ4n) is 2.93. The van der Waals surface area contributed by atoms with E-state index in [2.05, 4.69) is 0 Å². The molecule has 0 saturated carbocycles. The quantitative estimate of drug-likeness (QED) is 0.461. The molecular formula is C20H34O5. The first-order valence-corrected chi connectivity index (χ1v) is 9.13. The monoisotopic (exact) mass is 354 g/mol. The van der Waals surface area contributed by atoms with Crippen LogP contribution in [0, 0.1) is 5.92 Å². The van der Waals surface area contributed by atoms with Crippen LogP contribution in [-0.4, -0.2) is 51.6 Å². The van der Waals surface area contributed by atoms with Gasteiger partial charge >= 0.3 is 0 Å². The molecular weight excluding hydrogens is 320 g/mol. The van der Waals surface area contributed by atoms with Crippen molar-refractivity contribution in [3.8, 4) is 0 Å². The Labute approximate surface area is 151 Å². The maximum atomic E-state index is 12.1. The van der Waals surface area contributed by atoms with Crippen molar-refractivity contribution in [3.63, 3.8) is 0 Å². The zero-order chi connectivity index (χ0) is 19.1. The van der Waals surface area contributed by atoms with E-state index >= 15 is 0 Å². The maximum absolute atomic E-state index is 12.1. The van der Waals surface area contributed by atoms with E-state index < -0.39 is 17.3 Å². The number of allylic oxidation sites excluding steroid dienone is 1. The molecule has 25 heavy (non-hydrogen) atoms. The second-order valence-corrected chi connectivity index (χ2v) is 7.88. The number of ketones is 1. The number of rotatable bonds is 8. The fourth-order valence-corrected chi connectivity index (χ4v) is 2.93. The Morgan fingerprint density at radius 1 is 1.48 bits per heavy atom. The third-order valence-corrected chi connectivity index (χ3v) is 4.86. The van der Waals surface area contributed by atoms with Crippen LogP contribution in [0.15, 0.2) is 23.8 Å². The van der Waals surface area contributed by atoms with Crippen LogP contribution in [0.5, 0.6) is 0 Å². The molecule has 1 unspecified atom stereocenters. The van der Waals surface area contributed by atoms with Gasteiger partial charge in [0.2, 0.25) is 0 Å². The lowest BCUT2D eigenvalue weighted by molar-refractivity contribution is -0.118. The van der Waals surface area contributed by atoms with Crippen molar-refractivity contribution in [1.82, 2.24) is 0 Å². The highest BCUT2D eigenvalue weighted by Crippen LogP contribution is 2.31. The number of aliphatic hydroxyl groups excluding tert-OH is 2. The lowest BCUT2D eigenvalue weighted by Crippen LogP contribution is -2.41. The van der Waals surface area contributed by atoms with Gasteiger partial charge in [0.25, 0.3) is 0 Å². The first-order chi connectivity index (χ1) is 11.6. The number of hydrogen-bond donors (Lipinski definition) is 3. The molecule has 5 nitrogen and oxygen atoms in total. The predicted molar refractivity (Wildman–Crippen MR) is 98.2 cm³/mol. The summed E-state index contributed by atoms with van der Waals surface area (Å²) < 4.78 is 5.94. The van der Waals surface area contributed by atoms with E-state index in [1.807, 2.05) is 13.8 Å². The van der Waals surface area contributed by atoms with Gasteiger partial charge in [0.1, 0.15) is 0 Å². The summed E-state index contributed by atoms with van der Waals surface area (Å²) in [7, 11) is 0. The third-order valence-electron chi connectivity index (χ3n) is 4.86. The molecule has 1 rings (SSSR count). The van der Waals surface area contributed by atoms with E-state index in [0.717, 1.165) is 18.4 Å². The standard InChI is InChI=1S/C20H34O5/c1-15(17(22)9-12-19(2,3)24)6-5-11-20(4)18(23)8-7-16(10-13-21)14-25-20/h9-10,12,15,18,21,23-24H,5-8,11,13-14H2,1-4H3/b12-9+,16-10+/t15?,18-,20+/m1/s1. The molecule has 0 aromatic heterocycles. The van der Waals surface area contributed by atoms with Crippen molar-refractivity contribution >= 4 is 5.78 Å². The van der Waals surface area contributed by atoms with Gasteiger partial charge in [-0.25, -0.2) is 0 Å². The van der Waals surface area contributed by atoms with Gasteiger partial charge in [-0.3, -0.25) is 4.79 Å². The van der Waals surface area contributed by atoms with Crippen LogP contribution in [0.1, 0.15) is 59.8 Å². The Morgan fingerprint density at radius 3 is 2.76 bits per heavy atom. The lowest BCUT2D eigenvalue weighted by atomic mass is 9.87. The molecule has 1 saturated heterocycles. The van der Waals surface area contributed by atoms with Crippen molar-refractivity contribution in [2.75, 3.05) is 13.2 Å². The topological polar surface area (TPSA) is 87.0 Å². The Balaban J connectivity index is 2.51. The van der Waals surface area contributed by atoms with Gasteiger partial charge in [-0.15, -0.1) is 0 Å². The lowest BCUT2D eigenvalue weighted by Gasteiger charge is -2.33. The molecule has 1 heterocycles. The molecule has 1 fully saturated rings. The summed E-state index contributed by atoms with van der Waals surface area (Å²) in [5, 5.41) is 29.1. The van der Waals surface area contributed by atoms with Gasteiger partial charge < -0.3 is 20.1 Å². The van der Waals surface area contributed by atoms with Crippen molar-refractivity contribution in [2.45, 2.75) is 77.1 Å². The minimum absolute atomic E-state index is 0.00257. The summed E-state index contributed by atoms with van der Waals surface area (Å²) in [5.74, 6) is -0.127. The third kappa shape index (κ3) is 7.82. The molecule has 0 amide bonds. The van der Waals surface area contributed by atoms with Crippen molar-refractivity contribution in [1.29, 1.82) is 0 Å². The molecule has 0 aromatic carbocycles. The second-order valence-electron chi connectivity index (χ2n) is 7.88. The summed E-state index contributed by atoms with van der Waals surface area (Å²) >= 11 is 0. The predicted octanol–water partition coefficient (Wildman–Crippen LogP) is 2.54. The van der Waals surface area contributed by atoms with E-state index in [9.17, 15) is 15.0 Å². The van der Waals surface area contributed by atoms with E-state index in [0.29, 0.717) is 25.9 Å². The Kier molecular flexibility index (Phi) is 8.48. The molecule has 1 aliphatic rings. The van der Waals surface area contributed by atoms with E-state index in [-0.39, 0.29) is 18.3 Å². The SMILES string of the molecule is CC(CCC[C@]1(C)OC/C(=C/CO)CC[C@H]1O)C(=O)/C=C/C(C)(C)O. The van der Waals surface area contributed by atoms with Gasteiger partial charge in [-0.05, 0) is 64.5 Å². The summed E-state index contributed by atoms with van der Waals surface area (Å²) in [6.07, 6.45) is 7.66. The second kappa shape index (κ2) is 9.62. The average molecular weight is 354 g/mol. The van der Waals surface area contributed by atoms with Crippen molar-refractivity contribution < 1.29 is 24.9 Å². The summed E-state index contributed by atoms with van der Waals surface area (Å²) in [6.45, 7) is 7.48. The summed E-state index contributed by atoms with van der Waals surface area (Å²) in [4.78, 5) is 12.1. The Hall–Kier alpha value is -1.01. The van der Waals surface area contributed by atoms with E-state index in [4.69, 9.17) is 9.84 Å². The molecule has 0 bridgehead atoms. The summed E-state index contributed by atoms with van der Waals surface area (Å²) in [5.41, 5.74) is -0.594. The van der Waals surface area contributed by atoms with Crippen molar-refractivity contribution in [3.05, 3.63) is 23.8 Å². The zero-order valence-corrected chi connectivity index (χ0v) is 16.0. The number of carbonyl (C=O) groups excluding carboxylic acids is 1. The molecule has 5 heteroatoms. The highest BCUT2D eigenvalue weighted by atomic mass is 16.5. The van der Waals surface area contributed by atoms with Crippen LogP contribution in [0.2, 0.25) is 0 Å². The molecule has 0 aromatic rings. The van der Waals surface area contributed by atoms with Gasteiger partial charge in [-0.2, -0.15) is 0 Å². The Bertz CT molecular complexity index is 489. The highest BCUT2D eigenvalue weighted by molar-refractivity contribution is 5.91. The summed E-state index contributed by atoms with van der Waals surface area (Å²) in [6, 6.07) is 0. The molecule has 0 radical (unpaired) electrons. The Morgan fingerprint density at radius 2 is 2.16 bits per heavy atom. The first kappa shape index (κ1) is 22.0. The normalized spacial score (nSPS) is 28.3. The zero-order valence-electron chi connectivity index (χ0n) is 16.0. The molecule has 0 spiro atoms. The van der Waals surface area contributed by atoms with Gasteiger partial charge in [0.05, 0.1) is 30.5 Å². The van der Waals surface area contributed by atoms with Crippen molar-refractivity contribution in [2.24, 2.45) is 5.92 Å².